The summed E-state index contributed by atoms with van der Waals surface area (Å²) in [6.45, 7) is 1.79. The second kappa shape index (κ2) is 8.22. The molecule has 0 aliphatic rings. The van der Waals surface area contributed by atoms with Crippen molar-refractivity contribution in [2.45, 2.75) is 13.5 Å². The van der Waals surface area contributed by atoms with E-state index in [0.29, 0.717) is 40.2 Å². The van der Waals surface area contributed by atoms with Crippen molar-refractivity contribution in [2.24, 2.45) is 0 Å². The molecule has 0 aliphatic heterocycles. The summed E-state index contributed by atoms with van der Waals surface area (Å²) in [7, 11) is 3.08. The lowest BCUT2D eigenvalue weighted by atomic mass is 10.1. The summed E-state index contributed by atoms with van der Waals surface area (Å²) < 4.78 is 21.1. The van der Waals surface area contributed by atoms with Gasteiger partial charge >= 0.3 is 0 Å². The smallest absolute Gasteiger partial charge is 0.259 e. The molecule has 2 aromatic carbocycles. The summed E-state index contributed by atoms with van der Waals surface area (Å²) in [6, 6.07) is 12.0. The van der Waals surface area contributed by atoms with Crippen LogP contribution in [0.2, 0.25) is 0 Å². The average Bonchev–Trinajstić information content (AvgIpc) is 3.12. The Morgan fingerprint density at radius 1 is 1.11 bits per heavy atom. The maximum Gasteiger partial charge on any atom is 0.259 e. The van der Waals surface area contributed by atoms with Crippen molar-refractivity contribution in [1.82, 2.24) is 10.1 Å². The molecule has 3 aromatic rings. The fourth-order valence-electron chi connectivity index (χ4n) is 2.41. The van der Waals surface area contributed by atoms with Crippen molar-refractivity contribution >= 4 is 11.6 Å². The maximum atomic E-state index is 12.7. The Labute approximate surface area is 156 Å². The number of nitrogens with one attached hydrogen (secondary N) is 1. The van der Waals surface area contributed by atoms with Gasteiger partial charge in [-0.15, -0.1) is 0 Å². The standard InChI is InChI=1S/C19H19N3O5/c1-12-20-18(22-27-12)11-26-16-7-5-4-6-14(16)19(23)21-15-9-8-13(24-2)10-17(15)25-3/h4-10H,11H2,1-3H3,(H,21,23). The fraction of sp³-hybridized carbons (Fsp3) is 0.211. The van der Waals surface area contributed by atoms with Gasteiger partial charge in [-0.2, -0.15) is 4.98 Å². The van der Waals surface area contributed by atoms with E-state index in [1.165, 1.54) is 7.11 Å². The van der Waals surface area contributed by atoms with Crippen LogP contribution in [0.1, 0.15) is 22.1 Å². The highest BCUT2D eigenvalue weighted by Gasteiger charge is 2.16. The molecule has 0 bridgehead atoms. The Morgan fingerprint density at radius 3 is 2.63 bits per heavy atom. The lowest BCUT2D eigenvalue weighted by Gasteiger charge is -2.13. The van der Waals surface area contributed by atoms with Crippen molar-refractivity contribution in [3.63, 3.8) is 0 Å². The number of carbonyl (C=O) groups excluding carboxylic acids is 1. The van der Waals surface area contributed by atoms with E-state index in [1.54, 1.807) is 56.5 Å². The van der Waals surface area contributed by atoms with E-state index in [-0.39, 0.29) is 12.5 Å². The number of hydrogen-bond donors (Lipinski definition) is 1. The zero-order chi connectivity index (χ0) is 19.2. The first-order chi connectivity index (χ1) is 13.1. The number of nitrogens with zero attached hydrogens (tertiary/aromatic N) is 2. The molecular formula is C19H19N3O5. The second-order valence-electron chi connectivity index (χ2n) is 5.53. The monoisotopic (exact) mass is 369 g/mol. The SMILES string of the molecule is COc1ccc(NC(=O)c2ccccc2OCc2noc(C)n2)c(OC)c1. The van der Waals surface area contributed by atoms with Gasteiger partial charge in [0.15, 0.2) is 6.61 Å². The molecule has 8 nitrogen and oxygen atoms in total. The number of para-hydroxylation sites is 1. The van der Waals surface area contributed by atoms with Crippen molar-refractivity contribution in [3.05, 3.63) is 59.7 Å². The second-order valence-corrected chi connectivity index (χ2v) is 5.53. The van der Waals surface area contributed by atoms with Crippen LogP contribution in [0, 0.1) is 6.92 Å². The first-order valence-electron chi connectivity index (χ1n) is 8.15. The molecule has 0 spiro atoms. The van der Waals surface area contributed by atoms with E-state index in [0.717, 1.165) is 0 Å². The van der Waals surface area contributed by atoms with Gasteiger partial charge < -0.3 is 24.1 Å². The molecule has 8 heteroatoms. The van der Waals surface area contributed by atoms with Gasteiger partial charge in [0.2, 0.25) is 11.7 Å². The Kier molecular flexibility index (Phi) is 5.55. The number of carbonyl (C=O) groups is 1. The van der Waals surface area contributed by atoms with Gasteiger partial charge in [-0.05, 0) is 24.3 Å². The lowest BCUT2D eigenvalue weighted by molar-refractivity contribution is 0.102. The Bertz CT molecular complexity index is 939. The Morgan fingerprint density at radius 2 is 1.93 bits per heavy atom. The number of rotatable bonds is 7. The largest absolute Gasteiger partial charge is 0.497 e. The van der Waals surface area contributed by atoms with E-state index in [9.17, 15) is 4.79 Å². The number of amides is 1. The van der Waals surface area contributed by atoms with Crippen molar-refractivity contribution in [2.75, 3.05) is 19.5 Å². The number of hydrogen-bond acceptors (Lipinski definition) is 7. The predicted octanol–water partition coefficient (Wildman–Crippen LogP) is 3.23. The third-order valence-electron chi connectivity index (χ3n) is 3.71. The molecule has 3 rings (SSSR count). The van der Waals surface area contributed by atoms with Crippen LogP contribution in [0.15, 0.2) is 47.0 Å². The summed E-state index contributed by atoms with van der Waals surface area (Å²) in [5.74, 6) is 2.04. The van der Waals surface area contributed by atoms with Crippen LogP contribution in [-0.2, 0) is 6.61 Å². The molecule has 0 radical (unpaired) electrons. The minimum Gasteiger partial charge on any atom is -0.497 e. The van der Waals surface area contributed by atoms with Gasteiger partial charge in [0, 0.05) is 13.0 Å². The van der Waals surface area contributed by atoms with Crippen LogP contribution in [0.25, 0.3) is 0 Å². The number of benzene rings is 2. The molecule has 27 heavy (non-hydrogen) atoms. The maximum absolute atomic E-state index is 12.7. The average molecular weight is 369 g/mol. The van der Waals surface area contributed by atoms with Gasteiger partial charge in [0.1, 0.15) is 17.2 Å². The summed E-state index contributed by atoms with van der Waals surface area (Å²) >= 11 is 0. The van der Waals surface area contributed by atoms with Crippen molar-refractivity contribution < 1.29 is 23.5 Å². The summed E-state index contributed by atoms with van der Waals surface area (Å²) in [4.78, 5) is 16.8. The lowest BCUT2D eigenvalue weighted by Crippen LogP contribution is -2.14. The molecule has 0 atom stereocenters. The zero-order valence-corrected chi connectivity index (χ0v) is 15.2. The summed E-state index contributed by atoms with van der Waals surface area (Å²) in [6.07, 6.45) is 0. The summed E-state index contributed by atoms with van der Waals surface area (Å²) in [5.41, 5.74) is 0.891. The van der Waals surface area contributed by atoms with Crippen LogP contribution < -0.4 is 19.5 Å². The van der Waals surface area contributed by atoms with Crippen LogP contribution in [0.3, 0.4) is 0 Å². The minimum absolute atomic E-state index is 0.0908. The third-order valence-corrected chi connectivity index (χ3v) is 3.71. The third kappa shape index (κ3) is 4.35. The molecule has 140 valence electrons. The highest BCUT2D eigenvalue weighted by Crippen LogP contribution is 2.30. The normalized spacial score (nSPS) is 10.3. The topological polar surface area (TPSA) is 95.7 Å². The van der Waals surface area contributed by atoms with Gasteiger partial charge in [-0.3, -0.25) is 4.79 Å². The molecule has 1 N–H and O–H groups in total. The molecule has 0 saturated heterocycles. The molecule has 0 fully saturated rings. The van der Waals surface area contributed by atoms with Crippen LogP contribution in [-0.4, -0.2) is 30.3 Å². The number of aromatic nitrogens is 2. The molecule has 0 saturated carbocycles. The zero-order valence-electron chi connectivity index (χ0n) is 15.2. The van der Waals surface area contributed by atoms with E-state index in [2.05, 4.69) is 15.5 Å². The molecule has 0 unspecified atom stereocenters. The molecular weight excluding hydrogens is 350 g/mol. The highest BCUT2D eigenvalue weighted by molar-refractivity contribution is 6.06. The first kappa shape index (κ1) is 18.2. The van der Waals surface area contributed by atoms with E-state index >= 15 is 0 Å². The minimum atomic E-state index is -0.335. The number of aryl methyl sites for hydroxylation is 1. The van der Waals surface area contributed by atoms with Gasteiger partial charge in [-0.1, -0.05) is 17.3 Å². The van der Waals surface area contributed by atoms with Crippen LogP contribution in [0.5, 0.6) is 17.2 Å². The highest BCUT2D eigenvalue weighted by atomic mass is 16.5. The van der Waals surface area contributed by atoms with Gasteiger partial charge in [0.05, 0.1) is 25.5 Å². The van der Waals surface area contributed by atoms with Crippen LogP contribution in [0.4, 0.5) is 5.69 Å². The molecule has 1 aromatic heterocycles. The van der Waals surface area contributed by atoms with Crippen molar-refractivity contribution in [1.29, 1.82) is 0 Å². The molecule has 0 aliphatic carbocycles. The van der Waals surface area contributed by atoms with Crippen molar-refractivity contribution in [3.8, 4) is 17.2 Å². The van der Waals surface area contributed by atoms with Gasteiger partial charge in [-0.25, -0.2) is 0 Å². The van der Waals surface area contributed by atoms with E-state index in [1.807, 2.05) is 0 Å². The van der Waals surface area contributed by atoms with Crippen LogP contribution >= 0.6 is 0 Å². The fourth-order valence-corrected chi connectivity index (χ4v) is 2.41. The van der Waals surface area contributed by atoms with E-state index < -0.39 is 0 Å². The molecule has 1 amide bonds. The Balaban J connectivity index is 1.77. The first-order valence-corrected chi connectivity index (χ1v) is 8.15. The quantitative estimate of drug-likeness (QED) is 0.683. The molecule has 1 heterocycles. The Hall–Kier alpha value is -3.55. The number of methoxy groups -OCH3 is 2. The van der Waals surface area contributed by atoms with E-state index in [4.69, 9.17) is 18.7 Å². The summed E-state index contributed by atoms with van der Waals surface area (Å²) in [5, 5.41) is 6.59. The number of anilines is 1. The predicted molar refractivity (Wildman–Crippen MR) is 97.3 cm³/mol. The van der Waals surface area contributed by atoms with Gasteiger partial charge in [0.25, 0.3) is 5.91 Å². The number of ether oxygens (including phenoxy) is 3.